The summed E-state index contributed by atoms with van der Waals surface area (Å²) in [5.74, 6) is -0.146. The molecule has 0 fully saturated rings. The number of hydrogen-bond acceptors (Lipinski definition) is 6. The van der Waals surface area contributed by atoms with Gasteiger partial charge in [-0.05, 0) is 11.5 Å². The molecule has 1 aromatic heterocycles. The van der Waals surface area contributed by atoms with Crippen LogP contribution in [0.4, 0.5) is 9.80 Å². The van der Waals surface area contributed by atoms with E-state index in [1.54, 1.807) is 6.07 Å². The zero-order chi connectivity index (χ0) is 13.9. The highest BCUT2D eigenvalue weighted by Gasteiger charge is 2.25. The van der Waals surface area contributed by atoms with Gasteiger partial charge in [-0.25, -0.2) is 13.2 Å². The summed E-state index contributed by atoms with van der Waals surface area (Å²) in [5.41, 5.74) is -0.114. The minimum atomic E-state index is -3.56. The van der Waals surface area contributed by atoms with E-state index in [9.17, 15) is 13.2 Å². The maximum absolute atomic E-state index is 11.7. The average molecular weight is 288 g/mol. The fourth-order valence-electron chi connectivity index (χ4n) is 1.02. The van der Waals surface area contributed by atoms with Gasteiger partial charge in [0.05, 0.1) is 5.75 Å². The fourth-order valence-corrected chi connectivity index (χ4v) is 3.01. The largest absolute Gasteiger partial charge is 0.331 e. The minimum absolute atomic E-state index is 0.114. The van der Waals surface area contributed by atoms with Crippen molar-refractivity contribution in [3.8, 4) is 6.07 Å². The van der Waals surface area contributed by atoms with E-state index in [1.807, 2.05) is 0 Å². The van der Waals surface area contributed by atoms with Crippen LogP contribution >= 0.6 is 11.5 Å². The Kier molecular flexibility index (Phi) is 4.26. The molecular weight excluding hydrogens is 276 g/mol. The molecule has 0 bridgehead atoms. The Hall–Kier alpha value is -1.66. The summed E-state index contributed by atoms with van der Waals surface area (Å²) in [6.07, 6.45) is 0. The highest BCUT2D eigenvalue weighted by Crippen LogP contribution is 2.28. The third-order valence-corrected chi connectivity index (χ3v) is 4.60. The molecule has 0 aliphatic carbocycles. The molecule has 0 saturated heterocycles. The molecule has 1 heterocycles. The summed E-state index contributed by atoms with van der Waals surface area (Å²) in [5, 5.41) is 11.3. The lowest BCUT2D eigenvalue weighted by molar-refractivity contribution is 0.231. The Balaban J connectivity index is 3.20. The smallest absolute Gasteiger partial charge is 0.322 e. The van der Waals surface area contributed by atoms with Crippen molar-refractivity contribution in [1.82, 2.24) is 9.27 Å². The number of aromatic nitrogens is 1. The lowest BCUT2D eigenvalue weighted by atomic mass is 10.4. The van der Waals surface area contributed by atoms with E-state index in [0.29, 0.717) is 0 Å². The van der Waals surface area contributed by atoms with Crippen LogP contribution in [-0.4, -0.2) is 43.6 Å². The van der Waals surface area contributed by atoms with Crippen LogP contribution in [0.2, 0.25) is 0 Å². The average Bonchev–Trinajstić information content (AvgIpc) is 2.72. The molecule has 0 spiro atoms. The molecule has 1 N–H and O–H groups in total. The first-order valence-electron chi connectivity index (χ1n) is 4.94. The predicted octanol–water partition coefficient (Wildman–Crippen LogP) is 0.902. The van der Waals surface area contributed by atoms with Crippen molar-refractivity contribution in [2.75, 3.05) is 25.2 Å². The molecule has 1 aromatic rings. The van der Waals surface area contributed by atoms with Gasteiger partial charge in [0.2, 0.25) is 0 Å². The zero-order valence-electron chi connectivity index (χ0n) is 10.1. The van der Waals surface area contributed by atoms with Gasteiger partial charge in [0.25, 0.3) is 0 Å². The first kappa shape index (κ1) is 14.4. The van der Waals surface area contributed by atoms with Crippen LogP contribution in [0.15, 0.2) is 5.03 Å². The van der Waals surface area contributed by atoms with Gasteiger partial charge in [0.1, 0.15) is 16.6 Å². The molecule has 0 aromatic carbocycles. The maximum Gasteiger partial charge on any atom is 0.322 e. The van der Waals surface area contributed by atoms with Gasteiger partial charge in [-0.15, -0.1) is 0 Å². The van der Waals surface area contributed by atoms with Gasteiger partial charge in [-0.2, -0.15) is 9.64 Å². The summed E-state index contributed by atoms with van der Waals surface area (Å²) in [6.45, 7) is 1.47. The Labute approximate surface area is 109 Å². The van der Waals surface area contributed by atoms with E-state index in [2.05, 4.69) is 9.69 Å². The molecule has 0 radical (unpaired) electrons. The molecular formula is C9H12N4O3S2. The number of nitrogens with one attached hydrogen (secondary N) is 1. The number of carbonyl (C=O) groups is 1. The Bertz CT molecular complexity index is 598. The second-order valence-electron chi connectivity index (χ2n) is 3.53. The number of carbonyl (C=O) groups excluding carboxylic acids is 1. The van der Waals surface area contributed by atoms with Crippen LogP contribution in [0.1, 0.15) is 12.5 Å². The monoisotopic (exact) mass is 288 g/mol. The molecule has 0 aliphatic heterocycles. The Morgan fingerprint density at radius 2 is 2.17 bits per heavy atom. The summed E-state index contributed by atoms with van der Waals surface area (Å²) in [7, 11) is -0.497. The molecule has 0 aliphatic rings. The third-order valence-electron chi connectivity index (χ3n) is 2.07. The van der Waals surface area contributed by atoms with Crippen molar-refractivity contribution >= 4 is 32.4 Å². The lowest BCUT2D eigenvalue weighted by Crippen LogP contribution is -2.27. The second-order valence-corrected chi connectivity index (χ2v) is 6.50. The number of amides is 2. The normalized spacial score (nSPS) is 10.8. The second kappa shape index (κ2) is 5.32. The van der Waals surface area contributed by atoms with Gasteiger partial charge in [-0.1, -0.05) is 6.92 Å². The number of nitriles is 1. The molecule has 0 saturated carbocycles. The van der Waals surface area contributed by atoms with E-state index in [0.717, 1.165) is 11.5 Å². The van der Waals surface area contributed by atoms with Gasteiger partial charge in [0, 0.05) is 14.1 Å². The molecule has 7 nitrogen and oxygen atoms in total. The van der Waals surface area contributed by atoms with E-state index in [-0.39, 0.29) is 21.3 Å². The number of nitrogens with zero attached hydrogens (tertiary/aromatic N) is 3. The quantitative estimate of drug-likeness (QED) is 0.890. The number of anilines is 1. The SMILES string of the molecule is CCS(=O)(=O)c1nsc(NC(=O)N(C)C)c1C#N. The first-order chi connectivity index (χ1) is 8.33. The van der Waals surface area contributed by atoms with Crippen molar-refractivity contribution in [2.24, 2.45) is 0 Å². The van der Waals surface area contributed by atoms with Crippen LogP contribution in [-0.2, 0) is 9.84 Å². The predicted molar refractivity (Wildman–Crippen MR) is 67.3 cm³/mol. The van der Waals surface area contributed by atoms with Crippen LogP contribution in [0.3, 0.4) is 0 Å². The number of rotatable bonds is 3. The van der Waals surface area contributed by atoms with Gasteiger partial charge >= 0.3 is 6.03 Å². The zero-order valence-corrected chi connectivity index (χ0v) is 11.7. The van der Waals surface area contributed by atoms with E-state index in [1.165, 1.54) is 25.9 Å². The molecule has 9 heteroatoms. The summed E-state index contributed by atoms with van der Waals surface area (Å²) in [4.78, 5) is 12.7. The standard InChI is InChI=1S/C9H12N4O3S2/c1-4-18(15,16)8-6(5-10)7(17-12-8)11-9(14)13(2)3/h4H2,1-3H3,(H,11,14). The Morgan fingerprint density at radius 1 is 1.56 bits per heavy atom. The summed E-state index contributed by atoms with van der Waals surface area (Å²) >= 11 is 0.778. The molecule has 1 rings (SSSR count). The first-order valence-corrected chi connectivity index (χ1v) is 7.36. The number of sulfone groups is 1. The van der Waals surface area contributed by atoms with Crippen LogP contribution < -0.4 is 5.32 Å². The van der Waals surface area contributed by atoms with Gasteiger partial charge in [-0.3, -0.25) is 5.32 Å². The highest BCUT2D eigenvalue weighted by atomic mass is 32.2. The van der Waals surface area contributed by atoms with Crippen molar-refractivity contribution < 1.29 is 13.2 Å². The summed E-state index contributed by atoms with van der Waals surface area (Å²) < 4.78 is 27.1. The third kappa shape index (κ3) is 2.77. The minimum Gasteiger partial charge on any atom is -0.331 e. The number of hydrogen-bond donors (Lipinski definition) is 1. The van der Waals surface area contributed by atoms with Crippen molar-refractivity contribution in [3.05, 3.63) is 5.56 Å². The molecule has 0 unspecified atom stereocenters. The van der Waals surface area contributed by atoms with Crippen LogP contribution in [0.25, 0.3) is 0 Å². The van der Waals surface area contributed by atoms with Crippen LogP contribution in [0, 0.1) is 11.3 Å². The topological polar surface area (TPSA) is 103 Å². The van der Waals surface area contributed by atoms with E-state index >= 15 is 0 Å². The van der Waals surface area contributed by atoms with Crippen molar-refractivity contribution in [1.29, 1.82) is 5.26 Å². The van der Waals surface area contributed by atoms with Gasteiger partial charge in [0.15, 0.2) is 14.9 Å². The maximum atomic E-state index is 11.7. The summed E-state index contributed by atoms with van der Waals surface area (Å²) in [6, 6.07) is 1.32. The van der Waals surface area contributed by atoms with Gasteiger partial charge < -0.3 is 4.90 Å². The van der Waals surface area contributed by atoms with E-state index < -0.39 is 15.9 Å². The van der Waals surface area contributed by atoms with Crippen LogP contribution in [0.5, 0.6) is 0 Å². The Morgan fingerprint density at radius 3 is 2.61 bits per heavy atom. The molecule has 18 heavy (non-hydrogen) atoms. The van der Waals surface area contributed by atoms with E-state index in [4.69, 9.17) is 5.26 Å². The molecule has 0 atom stereocenters. The lowest BCUT2D eigenvalue weighted by Gasteiger charge is -2.10. The fraction of sp³-hybridized carbons (Fsp3) is 0.444. The highest BCUT2D eigenvalue weighted by molar-refractivity contribution is 7.91. The molecule has 98 valence electrons. The number of urea groups is 1. The van der Waals surface area contributed by atoms with Crippen molar-refractivity contribution in [3.63, 3.8) is 0 Å². The van der Waals surface area contributed by atoms with Crippen molar-refractivity contribution in [2.45, 2.75) is 11.9 Å². The molecule has 2 amide bonds.